The zero-order valence-electron chi connectivity index (χ0n) is 11.3. The number of aliphatic hydroxyl groups is 2. The van der Waals surface area contributed by atoms with Gasteiger partial charge in [-0.2, -0.15) is 0 Å². The number of hydrogen-bond donors (Lipinski definition) is 2. The number of fused-ring (bicyclic) bond motifs is 1. The topological polar surface area (TPSA) is 40.5 Å². The predicted molar refractivity (Wildman–Crippen MR) is 70.9 cm³/mol. The van der Waals surface area contributed by atoms with E-state index in [1.54, 1.807) is 0 Å². The van der Waals surface area contributed by atoms with Crippen LogP contribution in [0.5, 0.6) is 0 Å². The average Bonchev–Trinajstić information content (AvgIpc) is 2.61. The van der Waals surface area contributed by atoms with Gasteiger partial charge in [-0.05, 0) is 37.8 Å². The summed E-state index contributed by atoms with van der Waals surface area (Å²) in [5, 5.41) is 19.0. The highest BCUT2D eigenvalue weighted by molar-refractivity contribution is 5.36. The highest BCUT2D eigenvalue weighted by Crippen LogP contribution is 2.32. The lowest BCUT2D eigenvalue weighted by atomic mass is 9.97. The number of benzene rings is 1. The number of rotatable bonds is 1. The molecule has 0 aliphatic heterocycles. The predicted octanol–water partition coefficient (Wildman–Crippen LogP) is 2.83. The molecule has 1 aromatic carbocycles. The fraction of sp³-hybridized carbons (Fsp3) is 0.600. The first-order valence-electron chi connectivity index (χ1n) is 6.41. The van der Waals surface area contributed by atoms with E-state index in [0.29, 0.717) is 0 Å². The summed E-state index contributed by atoms with van der Waals surface area (Å²) < 4.78 is 0. The van der Waals surface area contributed by atoms with Crippen LogP contribution in [0.15, 0.2) is 18.2 Å². The van der Waals surface area contributed by atoms with Crippen LogP contribution in [0.2, 0.25) is 0 Å². The van der Waals surface area contributed by atoms with Crippen LogP contribution in [-0.4, -0.2) is 16.0 Å². The summed E-state index contributed by atoms with van der Waals surface area (Å²) in [5.74, 6) is -1.60. The van der Waals surface area contributed by atoms with E-state index in [1.807, 2.05) is 0 Å². The molecule has 17 heavy (non-hydrogen) atoms. The number of hydrogen-bond acceptors (Lipinski definition) is 2. The standard InChI is InChI=1S/C12H16O2.C3H8/c1-8-3-4-9-6-11(12(2,13)14)7-10(9)5-8;1-3-2/h3-5,11,13-14H,6-7H2,1-2H3;3H2,1-2H3. The molecule has 0 saturated heterocycles. The first-order chi connectivity index (χ1) is 7.88. The second-order valence-corrected chi connectivity index (χ2v) is 5.18. The second kappa shape index (κ2) is 5.65. The van der Waals surface area contributed by atoms with E-state index < -0.39 is 5.79 Å². The Bertz CT molecular complexity index is 364. The smallest absolute Gasteiger partial charge is 0.163 e. The average molecular weight is 236 g/mol. The van der Waals surface area contributed by atoms with Crippen molar-refractivity contribution < 1.29 is 10.2 Å². The molecule has 1 unspecified atom stereocenters. The molecule has 2 rings (SSSR count). The summed E-state index contributed by atoms with van der Waals surface area (Å²) in [6, 6.07) is 6.31. The minimum Gasteiger partial charge on any atom is -0.366 e. The molecule has 0 fully saturated rings. The van der Waals surface area contributed by atoms with Crippen LogP contribution in [0.3, 0.4) is 0 Å². The molecule has 0 saturated carbocycles. The molecule has 1 atom stereocenters. The largest absolute Gasteiger partial charge is 0.366 e. The number of aryl methyl sites for hydroxylation is 1. The van der Waals surface area contributed by atoms with Crippen molar-refractivity contribution in [2.24, 2.45) is 5.92 Å². The zero-order valence-corrected chi connectivity index (χ0v) is 11.3. The van der Waals surface area contributed by atoms with Gasteiger partial charge in [-0.25, -0.2) is 0 Å². The van der Waals surface area contributed by atoms with Gasteiger partial charge in [0.15, 0.2) is 5.79 Å². The summed E-state index contributed by atoms with van der Waals surface area (Å²) in [6.45, 7) is 7.78. The Labute approximate surface area is 104 Å². The van der Waals surface area contributed by atoms with Crippen LogP contribution in [0.4, 0.5) is 0 Å². The third-order valence-electron chi connectivity index (χ3n) is 3.07. The van der Waals surface area contributed by atoms with Gasteiger partial charge in [0, 0.05) is 5.92 Å². The Hall–Kier alpha value is -0.860. The molecule has 1 aliphatic carbocycles. The fourth-order valence-corrected chi connectivity index (χ4v) is 2.13. The monoisotopic (exact) mass is 236 g/mol. The van der Waals surface area contributed by atoms with E-state index >= 15 is 0 Å². The third-order valence-corrected chi connectivity index (χ3v) is 3.07. The van der Waals surface area contributed by atoms with E-state index in [4.69, 9.17) is 0 Å². The summed E-state index contributed by atoms with van der Waals surface area (Å²) >= 11 is 0. The maximum absolute atomic E-state index is 9.51. The maximum atomic E-state index is 9.51. The van der Waals surface area contributed by atoms with Crippen molar-refractivity contribution in [3.8, 4) is 0 Å². The van der Waals surface area contributed by atoms with Crippen LogP contribution in [-0.2, 0) is 12.8 Å². The first-order valence-corrected chi connectivity index (χ1v) is 6.41. The molecule has 0 radical (unpaired) electrons. The van der Waals surface area contributed by atoms with Gasteiger partial charge in [0.2, 0.25) is 0 Å². The van der Waals surface area contributed by atoms with Crippen LogP contribution < -0.4 is 0 Å². The molecule has 96 valence electrons. The van der Waals surface area contributed by atoms with Crippen molar-refractivity contribution in [3.63, 3.8) is 0 Å². The highest BCUT2D eigenvalue weighted by atomic mass is 16.5. The summed E-state index contributed by atoms with van der Waals surface area (Å²) in [6.07, 6.45) is 2.81. The van der Waals surface area contributed by atoms with Crippen LogP contribution in [0.1, 0.15) is 43.9 Å². The summed E-state index contributed by atoms with van der Waals surface area (Å²) in [4.78, 5) is 0. The minimum absolute atomic E-state index is 0.0562. The molecule has 2 N–H and O–H groups in total. The fourth-order valence-electron chi connectivity index (χ4n) is 2.13. The third kappa shape index (κ3) is 3.83. The van der Waals surface area contributed by atoms with Gasteiger partial charge < -0.3 is 10.2 Å². The Morgan fingerprint density at radius 3 is 2.24 bits per heavy atom. The van der Waals surface area contributed by atoms with E-state index in [0.717, 1.165) is 12.8 Å². The van der Waals surface area contributed by atoms with Crippen LogP contribution in [0, 0.1) is 12.8 Å². The van der Waals surface area contributed by atoms with Gasteiger partial charge in [-0.15, -0.1) is 0 Å². The molecule has 0 aromatic heterocycles. The Morgan fingerprint density at radius 2 is 1.71 bits per heavy atom. The quantitative estimate of drug-likeness (QED) is 0.736. The van der Waals surface area contributed by atoms with Gasteiger partial charge in [-0.3, -0.25) is 0 Å². The SMILES string of the molecule is CCC.Cc1ccc2c(c1)CC(C(C)(O)O)C2. The van der Waals surface area contributed by atoms with Gasteiger partial charge in [-0.1, -0.05) is 44.0 Å². The molecular formula is C15H24O2. The molecule has 2 nitrogen and oxygen atoms in total. The lowest BCUT2D eigenvalue weighted by Gasteiger charge is -2.23. The normalized spacial score (nSPS) is 18.4. The molecule has 0 heterocycles. The van der Waals surface area contributed by atoms with Crippen molar-refractivity contribution in [1.29, 1.82) is 0 Å². The molecule has 1 aromatic rings. The second-order valence-electron chi connectivity index (χ2n) is 5.18. The Balaban J connectivity index is 0.000000437. The van der Waals surface area contributed by atoms with E-state index in [-0.39, 0.29) is 5.92 Å². The molecule has 1 aliphatic rings. The molecule has 2 heteroatoms. The van der Waals surface area contributed by atoms with Crippen molar-refractivity contribution >= 4 is 0 Å². The van der Waals surface area contributed by atoms with Gasteiger partial charge in [0.25, 0.3) is 0 Å². The molecule has 0 bridgehead atoms. The van der Waals surface area contributed by atoms with E-state index in [1.165, 1.54) is 30.0 Å². The summed E-state index contributed by atoms with van der Waals surface area (Å²) in [7, 11) is 0. The summed E-state index contributed by atoms with van der Waals surface area (Å²) in [5.41, 5.74) is 3.77. The van der Waals surface area contributed by atoms with Gasteiger partial charge in [0.1, 0.15) is 0 Å². The van der Waals surface area contributed by atoms with Crippen LogP contribution >= 0.6 is 0 Å². The van der Waals surface area contributed by atoms with Crippen LogP contribution in [0.25, 0.3) is 0 Å². The van der Waals surface area contributed by atoms with Gasteiger partial charge in [0.05, 0.1) is 0 Å². The Morgan fingerprint density at radius 1 is 1.18 bits per heavy atom. The van der Waals surface area contributed by atoms with E-state index in [2.05, 4.69) is 39.0 Å². The first kappa shape index (κ1) is 14.2. The minimum atomic E-state index is -1.55. The molecule has 0 spiro atoms. The van der Waals surface area contributed by atoms with Gasteiger partial charge >= 0.3 is 0 Å². The lowest BCUT2D eigenvalue weighted by Crippen LogP contribution is -2.34. The lowest BCUT2D eigenvalue weighted by molar-refractivity contribution is -0.182. The molecular weight excluding hydrogens is 212 g/mol. The highest BCUT2D eigenvalue weighted by Gasteiger charge is 2.34. The Kier molecular flexibility index (Phi) is 4.72. The van der Waals surface area contributed by atoms with E-state index in [9.17, 15) is 10.2 Å². The zero-order chi connectivity index (χ0) is 13.1. The van der Waals surface area contributed by atoms with Crippen molar-refractivity contribution in [2.45, 2.75) is 52.7 Å². The van der Waals surface area contributed by atoms with Crippen molar-refractivity contribution in [3.05, 3.63) is 34.9 Å². The maximum Gasteiger partial charge on any atom is 0.163 e. The molecule has 0 amide bonds. The van der Waals surface area contributed by atoms with Crippen molar-refractivity contribution in [2.75, 3.05) is 0 Å². The van der Waals surface area contributed by atoms with Crippen molar-refractivity contribution in [1.82, 2.24) is 0 Å².